The summed E-state index contributed by atoms with van der Waals surface area (Å²) in [7, 11) is 5.02. The number of ether oxygens (including phenoxy) is 1. The summed E-state index contributed by atoms with van der Waals surface area (Å²) in [5.41, 5.74) is 0.571. The molecule has 0 amide bonds. The lowest BCUT2D eigenvalue weighted by molar-refractivity contribution is 0.0601. The zero-order valence-corrected chi connectivity index (χ0v) is 14.0. The lowest BCUT2D eigenvalue weighted by Gasteiger charge is -2.12. The minimum atomic E-state index is -0.464. The highest BCUT2D eigenvalue weighted by Crippen LogP contribution is 2.15. The average molecular weight is 337 g/mol. The number of nitrogens with one attached hydrogen (secondary N) is 1. The summed E-state index contributed by atoms with van der Waals surface area (Å²) in [5, 5.41) is 0.427. The summed E-state index contributed by atoms with van der Waals surface area (Å²) in [6.07, 6.45) is 0. The molecule has 1 aromatic carbocycles. The number of methoxy groups -OCH3 is 1. The number of aromatic nitrogens is 2. The minimum Gasteiger partial charge on any atom is -0.465 e. The number of rotatable bonds is 3. The van der Waals surface area contributed by atoms with Crippen LogP contribution in [0.5, 0.6) is 0 Å². The zero-order chi connectivity index (χ0) is 16.3. The Morgan fingerprint density at radius 3 is 2.82 bits per heavy atom. The zero-order valence-electron chi connectivity index (χ0n) is 12.4. The number of hydrogen-bond acceptors (Lipinski definition) is 6. The van der Waals surface area contributed by atoms with Crippen molar-refractivity contribution in [1.82, 2.24) is 14.9 Å². The molecule has 8 heteroatoms. The number of nitrogens with zero attached hydrogens (tertiary/aromatic N) is 2. The normalized spacial score (nSPS) is 10.5. The van der Waals surface area contributed by atoms with Crippen LogP contribution in [0.4, 0.5) is 0 Å². The highest BCUT2D eigenvalue weighted by atomic mass is 32.2. The molecule has 1 aromatic heterocycles. The second-order valence-electron chi connectivity index (χ2n) is 4.69. The van der Waals surface area contributed by atoms with Gasteiger partial charge in [0.2, 0.25) is 0 Å². The first-order valence-corrected chi connectivity index (χ1v) is 7.77. The quantitative estimate of drug-likeness (QED) is 0.676. The molecule has 116 valence electrons. The predicted octanol–water partition coefficient (Wildman–Crippen LogP) is 1.79. The molecular formula is C14H15N3O3S2. The van der Waals surface area contributed by atoms with Gasteiger partial charge in [0.15, 0.2) is 0 Å². The molecule has 0 aliphatic carbocycles. The van der Waals surface area contributed by atoms with Crippen LogP contribution >= 0.6 is 24.0 Å². The topological polar surface area (TPSA) is 75.3 Å². The Balaban J connectivity index is 2.35. The van der Waals surface area contributed by atoms with E-state index in [0.29, 0.717) is 32.4 Å². The fraction of sp³-hybridized carbons (Fsp3) is 0.286. The SMILES string of the molecule is COC(=O)c1ccc2c(=O)[nH]c(CSC(=S)N(C)C)nc2c1. The molecule has 0 aliphatic rings. The van der Waals surface area contributed by atoms with Crippen molar-refractivity contribution < 1.29 is 9.53 Å². The number of thioether (sulfide) groups is 1. The van der Waals surface area contributed by atoms with E-state index in [9.17, 15) is 9.59 Å². The molecule has 22 heavy (non-hydrogen) atoms. The molecule has 0 saturated carbocycles. The molecule has 0 radical (unpaired) electrons. The third kappa shape index (κ3) is 3.63. The average Bonchev–Trinajstić information content (AvgIpc) is 2.51. The molecule has 0 unspecified atom stereocenters. The molecule has 2 rings (SSSR count). The van der Waals surface area contributed by atoms with Gasteiger partial charge in [-0.25, -0.2) is 9.78 Å². The maximum Gasteiger partial charge on any atom is 0.337 e. The van der Waals surface area contributed by atoms with Gasteiger partial charge in [0.25, 0.3) is 5.56 Å². The van der Waals surface area contributed by atoms with Gasteiger partial charge in [0.05, 0.1) is 29.3 Å². The summed E-state index contributed by atoms with van der Waals surface area (Å²) in [5.74, 6) is 0.493. The van der Waals surface area contributed by atoms with E-state index in [4.69, 9.17) is 12.2 Å². The Labute approximate surface area is 136 Å². The number of benzene rings is 1. The number of thiocarbonyl (C=S) groups is 1. The maximum absolute atomic E-state index is 12.1. The van der Waals surface area contributed by atoms with Crippen molar-refractivity contribution in [2.45, 2.75) is 5.75 Å². The minimum absolute atomic E-state index is 0.243. The number of esters is 1. The summed E-state index contributed by atoms with van der Waals surface area (Å²) >= 11 is 6.59. The second-order valence-corrected chi connectivity index (χ2v) is 6.29. The van der Waals surface area contributed by atoms with Crippen molar-refractivity contribution in [2.75, 3.05) is 21.2 Å². The molecule has 6 nitrogen and oxygen atoms in total. The smallest absolute Gasteiger partial charge is 0.337 e. The van der Waals surface area contributed by atoms with E-state index >= 15 is 0 Å². The van der Waals surface area contributed by atoms with Gasteiger partial charge in [-0.05, 0) is 18.2 Å². The van der Waals surface area contributed by atoms with E-state index in [0.717, 1.165) is 0 Å². The van der Waals surface area contributed by atoms with E-state index in [-0.39, 0.29) is 5.56 Å². The van der Waals surface area contributed by atoms with Crippen LogP contribution < -0.4 is 5.56 Å². The van der Waals surface area contributed by atoms with Crippen LogP contribution in [0.2, 0.25) is 0 Å². The number of H-pyrrole nitrogens is 1. The van der Waals surface area contributed by atoms with Crippen LogP contribution in [0.1, 0.15) is 16.2 Å². The van der Waals surface area contributed by atoms with E-state index in [1.807, 2.05) is 19.0 Å². The molecule has 0 aliphatic heterocycles. The van der Waals surface area contributed by atoms with Crippen LogP contribution in [-0.4, -0.2) is 46.4 Å². The third-order valence-electron chi connectivity index (χ3n) is 2.87. The molecule has 1 heterocycles. The lowest BCUT2D eigenvalue weighted by Crippen LogP contribution is -2.17. The second kappa shape index (κ2) is 6.89. The Hall–Kier alpha value is -1.93. The van der Waals surface area contributed by atoms with Crippen LogP contribution in [0, 0.1) is 0 Å². The van der Waals surface area contributed by atoms with Crippen molar-refractivity contribution in [2.24, 2.45) is 0 Å². The first-order valence-electron chi connectivity index (χ1n) is 6.37. The van der Waals surface area contributed by atoms with Crippen molar-refractivity contribution in [3.8, 4) is 0 Å². The lowest BCUT2D eigenvalue weighted by atomic mass is 10.1. The summed E-state index contributed by atoms with van der Waals surface area (Å²) in [4.78, 5) is 32.5. The predicted molar refractivity (Wildman–Crippen MR) is 91.3 cm³/mol. The molecule has 0 fully saturated rings. The highest BCUT2D eigenvalue weighted by molar-refractivity contribution is 8.22. The molecule has 0 spiro atoms. The number of fused-ring (bicyclic) bond motifs is 1. The third-order valence-corrected chi connectivity index (χ3v) is 4.62. The Kier molecular flexibility index (Phi) is 5.15. The first-order chi connectivity index (χ1) is 10.4. The van der Waals surface area contributed by atoms with Gasteiger partial charge in [-0.2, -0.15) is 0 Å². The fourth-order valence-corrected chi connectivity index (χ4v) is 2.59. The van der Waals surface area contributed by atoms with E-state index < -0.39 is 5.97 Å². The van der Waals surface area contributed by atoms with Crippen molar-refractivity contribution in [3.05, 3.63) is 39.9 Å². The molecule has 0 saturated heterocycles. The molecule has 0 bridgehead atoms. The maximum atomic E-state index is 12.1. The van der Waals surface area contributed by atoms with Crippen LogP contribution in [0.25, 0.3) is 10.9 Å². The van der Waals surface area contributed by atoms with Gasteiger partial charge in [0, 0.05) is 14.1 Å². The standard InChI is InChI=1S/C14H15N3O3S2/c1-17(2)14(21)22-7-11-15-10-6-8(13(19)20-3)4-5-9(10)12(18)16-11/h4-6H,7H2,1-3H3,(H,15,16,18). The van der Waals surface area contributed by atoms with Crippen molar-refractivity contribution in [1.29, 1.82) is 0 Å². The monoisotopic (exact) mass is 337 g/mol. The Morgan fingerprint density at radius 1 is 1.45 bits per heavy atom. The summed E-state index contributed by atoms with van der Waals surface area (Å²) in [6.45, 7) is 0. The summed E-state index contributed by atoms with van der Waals surface area (Å²) < 4.78 is 5.37. The van der Waals surface area contributed by atoms with E-state index in [2.05, 4.69) is 14.7 Å². The highest BCUT2D eigenvalue weighted by Gasteiger charge is 2.10. The molecular weight excluding hydrogens is 322 g/mol. The Morgan fingerprint density at radius 2 is 2.18 bits per heavy atom. The van der Waals surface area contributed by atoms with Crippen molar-refractivity contribution in [3.63, 3.8) is 0 Å². The number of carbonyl (C=O) groups excluding carboxylic acids is 1. The van der Waals surface area contributed by atoms with Gasteiger partial charge < -0.3 is 14.6 Å². The van der Waals surface area contributed by atoms with Crippen molar-refractivity contribution >= 4 is 45.2 Å². The van der Waals surface area contributed by atoms with E-state index in [1.165, 1.54) is 18.9 Å². The fourth-order valence-electron chi connectivity index (χ4n) is 1.76. The molecule has 2 aromatic rings. The largest absolute Gasteiger partial charge is 0.465 e. The Bertz CT molecular complexity index is 786. The van der Waals surface area contributed by atoms with Gasteiger partial charge in [0.1, 0.15) is 10.1 Å². The number of aromatic amines is 1. The van der Waals surface area contributed by atoms with Crippen LogP contribution in [0.15, 0.2) is 23.0 Å². The van der Waals surface area contributed by atoms with Gasteiger partial charge in [-0.1, -0.05) is 24.0 Å². The van der Waals surface area contributed by atoms with Crippen LogP contribution in [-0.2, 0) is 10.5 Å². The van der Waals surface area contributed by atoms with Gasteiger partial charge >= 0.3 is 5.97 Å². The van der Waals surface area contributed by atoms with E-state index in [1.54, 1.807) is 18.2 Å². The first kappa shape index (κ1) is 16.4. The van der Waals surface area contributed by atoms with Gasteiger partial charge in [-0.15, -0.1) is 0 Å². The van der Waals surface area contributed by atoms with Gasteiger partial charge in [-0.3, -0.25) is 4.79 Å². The molecule has 0 atom stereocenters. The van der Waals surface area contributed by atoms with Crippen LogP contribution in [0.3, 0.4) is 0 Å². The number of hydrogen-bond donors (Lipinski definition) is 1. The summed E-state index contributed by atoms with van der Waals surface area (Å²) in [6, 6.07) is 4.66. The number of carbonyl (C=O) groups is 1. The molecule has 1 N–H and O–H groups in total.